The van der Waals surface area contributed by atoms with Crippen LogP contribution in [0.1, 0.15) is 11.3 Å². The first-order valence-electron chi connectivity index (χ1n) is 10.8. The number of hydrogen-bond acceptors (Lipinski definition) is 6. The first kappa shape index (κ1) is 22.8. The molecule has 0 saturated carbocycles. The maximum absolute atomic E-state index is 11.2. The summed E-state index contributed by atoms with van der Waals surface area (Å²) in [7, 11) is 0. The lowest BCUT2D eigenvalue weighted by Gasteiger charge is -2.03. The van der Waals surface area contributed by atoms with Gasteiger partial charge in [-0.3, -0.25) is 10.1 Å². The molecule has 0 unspecified atom stereocenters. The van der Waals surface area contributed by atoms with E-state index in [-0.39, 0.29) is 16.6 Å². The van der Waals surface area contributed by atoms with Crippen LogP contribution in [0.4, 0.5) is 11.6 Å². The van der Waals surface area contributed by atoms with Gasteiger partial charge in [-0.05, 0) is 29.8 Å². The molecule has 5 rings (SSSR count). The van der Waals surface area contributed by atoms with E-state index < -0.39 is 4.92 Å². The highest BCUT2D eigenvalue weighted by Gasteiger charge is 2.22. The Morgan fingerprint density at radius 3 is 2.25 bits per heavy atom. The zero-order valence-electron chi connectivity index (χ0n) is 18.6. The Morgan fingerprint density at radius 1 is 0.889 bits per heavy atom. The predicted molar refractivity (Wildman–Crippen MR) is 137 cm³/mol. The maximum Gasteiger partial charge on any atom is 0.288 e. The summed E-state index contributed by atoms with van der Waals surface area (Å²) in [6.45, 7) is 0. The Bertz CT molecular complexity index is 1630. The van der Waals surface area contributed by atoms with E-state index >= 15 is 0 Å². The summed E-state index contributed by atoms with van der Waals surface area (Å²) in [5, 5.41) is 21.2. The van der Waals surface area contributed by atoms with Crippen LogP contribution in [0.2, 0.25) is 5.02 Å². The average Bonchev–Trinajstić information content (AvgIpc) is 3.53. The van der Waals surface area contributed by atoms with Crippen LogP contribution in [0, 0.1) is 21.4 Å². The Kier molecular flexibility index (Phi) is 6.18. The van der Waals surface area contributed by atoms with Crippen LogP contribution >= 0.6 is 11.6 Å². The van der Waals surface area contributed by atoms with Crippen molar-refractivity contribution in [2.24, 2.45) is 4.99 Å². The van der Waals surface area contributed by atoms with Crippen LogP contribution in [0.5, 0.6) is 0 Å². The highest BCUT2D eigenvalue weighted by Crippen LogP contribution is 2.42. The van der Waals surface area contributed by atoms with Crippen molar-refractivity contribution in [3.8, 4) is 39.8 Å². The quantitative estimate of drug-likeness (QED) is 0.135. The van der Waals surface area contributed by atoms with E-state index in [1.165, 1.54) is 18.3 Å². The summed E-state index contributed by atoms with van der Waals surface area (Å²) in [5.74, 6) is 1.48. The van der Waals surface area contributed by atoms with Gasteiger partial charge in [0.1, 0.15) is 33.9 Å². The molecule has 0 aliphatic rings. The van der Waals surface area contributed by atoms with E-state index in [1.54, 1.807) is 18.2 Å². The maximum atomic E-state index is 11.2. The van der Waals surface area contributed by atoms with Gasteiger partial charge in [0.2, 0.25) is 5.88 Å². The summed E-state index contributed by atoms with van der Waals surface area (Å²) in [6, 6.07) is 29.0. The Balaban J connectivity index is 1.53. The number of benzene rings is 3. The normalized spacial score (nSPS) is 11.0. The van der Waals surface area contributed by atoms with Gasteiger partial charge in [0.15, 0.2) is 0 Å². The third-order valence-corrected chi connectivity index (χ3v) is 5.78. The molecule has 0 bridgehead atoms. The molecule has 0 spiro atoms. The molecule has 2 aromatic heterocycles. The molecular formula is C28H16ClN3O4. The van der Waals surface area contributed by atoms with E-state index in [2.05, 4.69) is 11.1 Å². The average molecular weight is 494 g/mol. The molecule has 0 aliphatic carbocycles. The van der Waals surface area contributed by atoms with Crippen LogP contribution in [0.15, 0.2) is 105 Å². The molecule has 5 aromatic rings. The van der Waals surface area contributed by atoms with Crippen LogP contribution < -0.4 is 0 Å². The second-order valence-electron chi connectivity index (χ2n) is 7.71. The number of nitriles is 1. The predicted octanol–water partition coefficient (Wildman–Crippen LogP) is 8.06. The van der Waals surface area contributed by atoms with E-state index in [4.69, 9.17) is 20.4 Å². The van der Waals surface area contributed by atoms with Crippen LogP contribution in [-0.2, 0) is 0 Å². The highest BCUT2D eigenvalue weighted by molar-refractivity contribution is 6.32. The standard InChI is InChI=1S/C28H16ClN3O4/c29-23-13-11-20(15-24(23)32(33)34)25-14-12-21(35-25)17-31-28-22(16-30)26(18-7-3-1-4-8-18)27(36-28)19-9-5-2-6-10-19/h1-15,17H/b31-17+. The number of rotatable bonds is 6. The van der Waals surface area contributed by atoms with Gasteiger partial charge < -0.3 is 8.83 Å². The van der Waals surface area contributed by atoms with Gasteiger partial charge in [-0.1, -0.05) is 72.3 Å². The molecular weight excluding hydrogens is 478 g/mol. The summed E-state index contributed by atoms with van der Waals surface area (Å²) < 4.78 is 11.9. The molecule has 174 valence electrons. The number of nitrogens with zero attached hydrogens (tertiary/aromatic N) is 3. The Labute approximate surface area is 210 Å². The van der Waals surface area contributed by atoms with E-state index in [0.717, 1.165) is 11.1 Å². The monoisotopic (exact) mass is 493 g/mol. The molecule has 0 aliphatic heterocycles. The van der Waals surface area contributed by atoms with Crippen molar-refractivity contribution in [3.05, 3.63) is 117 Å². The lowest BCUT2D eigenvalue weighted by atomic mass is 9.98. The summed E-state index contributed by atoms with van der Waals surface area (Å²) in [6.07, 6.45) is 1.44. The lowest BCUT2D eigenvalue weighted by Crippen LogP contribution is -1.89. The molecule has 0 atom stereocenters. The minimum absolute atomic E-state index is 0.0439. The SMILES string of the molecule is N#Cc1c(/N=C/c2ccc(-c3ccc(Cl)c([N+](=O)[O-])c3)o2)oc(-c2ccccc2)c1-c1ccccc1. The van der Waals surface area contributed by atoms with Crippen molar-refractivity contribution < 1.29 is 13.8 Å². The van der Waals surface area contributed by atoms with Crippen molar-refractivity contribution in [1.29, 1.82) is 5.26 Å². The molecule has 0 radical (unpaired) electrons. The number of hydrogen-bond donors (Lipinski definition) is 0. The summed E-state index contributed by atoms with van der Waals surface area (Å²) in [5.41, 5.74) is 2.90. The smallest absolute Gasteiger partial charge is 0.288 e. The van der Waals surface area contributed by atoms with Gasteiger partial charge in [0.25, 0.3) is 5.69 Å². The molecule has 0 N–H and O–H groups in total. The first-order chi connectivity index (χ1) is 17.5. The molecule has 0 fully saturated rings. The molecule has 2 heterocycles. The number of furan rings is 2. The summed E-state index contributed by atoms with van der Waals surface area (Å²) >= 11 is 5.90. The van der Waals surface area contributed by atoms with Crippen molar-refractivity contribution in [3.63, 3.8) is 0 Å². The zero-order chi connectivity index (χ0) is 25.1. The Hall–Kier alpha value is -4.93. The third-order valence-electron chi connectivity index (χ3n) is 5.46. The van der Waals surface area contributed by atoms with Crippen LogP contribution in [0.25, 0.3) is 33.8 Å². The van der Waals surface area contributed by atoms with Gasteiger partial charge >= 0.3 is 0 Å². The fraction of sp³-hybridized carbons (Fsp3) is 0. The highest BCUT2D eigenvalue weighted by atomic mass is 35.5. The fourth-order valence-electron chi connectivity index (χ4n) is 3.79. The molecule has 0 amide bonds. The molecule has 7 nitrogen and oxygen atoms in total. The zero-order valence-corrected chi connectivity index (χ0v) is 19.3. The molecule has 36 heavy (non-hydrogen) atoms. The van der Waals surface area contributed by atoms with E-state index in [9.17, 15) is 15.4 Å². The minimum Gasteiger partial charge on any atom is -0.455 e. The number of aliphatic imine (C=N–C) groups is 1. The number of nitro groups is 1. The van der Waals surface area contributed by atoms with Gasteiger partial charge in [-0.15, -0.1) is 0 Å². The Morgan fingerprint density at radius 2 is 1.58 bits per heavy atom. The number of halogens is 1. The molecule has 3 aromatic carbocycles. The molecule has 0 saturated heterocycles. The van der Waals surface area contributed by atoms with Crippen molar-refractivity contribution in [2.45, 2.75) is 0 Å². The van der Waals surface area contributed by atoms with E-state index in [0.29, 0.717) is 34.0 Å². The lowest BCUT2D eigenvalue weighted by molar-refractivity contribution is -0.384. The molecule has 8 heteroatoms. The summed E-state index contributed by atoms with van der Waals surface area (Å²) in [4.78, 5) is 15.1. The van der Waals surface area contributed by atoms with Crippen LogP contribution in [-0.4, -0.2) is 11.1 Å². The minimum atomic E-state index is -0.549. The van der Waals surface area contributed by atoms with Gasteiger partial charge in [-0.25, -0.2) is 4.99 Å². The van der Waals surface area contributed by atoms with Crippen molar-refractivity contribution in [1.82, 2.24) is 0 Å². The fourth-order valence-corrected chi connectivity index (χ4v) is 3.98. The van der Waals surface area contributed by atoms with Gasteiger partial charge in [-0.2, -0.15) is 5.26 Å². The number of nitro benzene ring substituents is 1. The first-order valence-corrected chi connectivity index (χ1v) is 11.2. The van der Waals surface area contributed by atoms with E-state index in [1.807, 2.05) is 60.7 Å². The second-order valence-corrected chi connectivity index (χ2v) is 8.12. The van der Waals surface area contributed by atoms with Gasteiger partial charge in [0.05, 0.1) is 11.1 Å². The second kappa shape index (κ2) is 9.74. The largest absolute Gasteiger partial charge is 0.455 e. The van der Waals surface area contributed by atoms with Crippen molar-refractivity contribution >= 4 is 29.4 Å². The van der Waals surface area contributed by atoms with Crippen LogP contribution in [0.3, 0.4) is 0 Å². The topological polar surface area (TPSA) is 106 Å². The third kappa shape index (κ3) is 4.41. The van der Waals surface area contributed by atoms with Gasteiger partial charge in [0, 0.05) is 22.8 Å². The van der Waals surface area contributed by atoms with Crippen molar-refractivity contribution in [2.75, 3.05) is 0 Å².